The Morgan fingerprint density at radius 3 is 3.08 bits per heavy atom. The van der Waals surface area contributed by atoms with Gasteiger partial charge in [0.15, 0.2) is 5.82 Å². The van der Waals surface area contributed by atoms with Gasteiger partial charge in [0.2, 0.25) is 5.91 Å². The molecular formula is C6H4IN3O2. The Morgan fingerprint density at radius 1 is 1.58 bits per heavy atom. The van der Waals surface area contributed by atoms with Crippen LogP contribution in [-0.2, 0) is 4.79 Å². The van der Waals surface area contributed by atoms with Crippen molar-refractivity contribution in [1.29, 1.82) is 0 Å². The van der Waals surface area contributed by atoms with E-state index in [2.05, 4.69) is 10.4 Å². The molecule has 1 aliphatic heterocycles. The second-order valence-corrected chi connectivity index (χ2v) is 3.53. The van der Waals surface area contributed by atoms with Gasteiger partial charge in [-0.1, -0.05) is 0 Å². The average Bonchev–Trinajstić information content (AvgIpc) is 2.33. The zero-order valence-electron chi connectivity index (χ0n) is 5.87. The normalized spacial score (nSPS) is 15.8. The van der Waals surface area contributed by atoms with Gasteiger partial charge < -0.3 is 5.32 Å². The van der Waals surface area contributed by atoms with Crippen LogP contribution < -0.4 is 5.32 Å². The third-order valence-electron chi connectivity index (χ3n) is 1.53. The summed E-state index contributed by atoms with van der Waals surface area (Å²) in [6, 6.07) is 0. The number of carbonyl (C=O) groups excluding carboxylic acids is 2. The maximum absolute atomic E-state index is 11.1. The van der Waals surface area contributed by atoms with E-state index in [9.17, 15) is 9.59 Å². The van der Waals surface area contributed by atoms with Gasteiger partial charge in [0.05, 0.1) is 9.77 Å². The van der Waals surface area contributed by atoms with Gasteiger partial charge in [0, 0.05) is 0 Å². The van der Waals surface area contributed by atoms with Gasteiger partial charge in [-0.25, -0.2) is 0 Å². The van der Waals surface area contributed by atoms with E-state index in [0.29, 0.717) is 5.82 Å². The molecule has 1 amide bonds. The van der Waals surface area contributed by atoms with Crippen LogP contribution in [0.4, 0.5) is 5.82 Å². The molecule has 0 radical (unpaired) electrons. The van der Waals surface area contributed by atoms with Crippen molar-refractivity contribution >= 4 is 40.2 Å². The van der Waals surface area contributed by atoms with Crippen molar-refractivity contribution in [1.82, 2.24) is 9.78 Å². The first-order chi connectivity index (χ1) is 5.68. The SMILES string of the molecule is O=C1CC(=O)n2ncc(I)c2N1. The third kappa shape index (κ3) is 1.02. The summed E-state index contributed by atoms with van der Waals surface area (Å²) in [5, 5.41) is 6.39. The lowest BCUT2D eigenvalue weighted by atomic mass is 10.3. The number of halogens is 1. The minimum Gasteiger partial charge on any atom is -0.309 e. The lowest BCUT2D eigenvalue weighted by Crippen LogP contribution is -2.29. The summed E-state index contributed by atoms with van der Waals surface area (Å²) in [5.41, 5.74) is 0. The average molecular weight is 277 g/mol. The van der Waals surface area contributed by atoms with E-state index < -0.39 is 0 Å². The third-order valence-corrected chi connectivity index (χ3v) is 2.32. The summed E-state index contributed by atoms with van der Waals surface area (Å²) in [6.45, 7) is 0. The van der Waals surface area contributed by atoms with Crippen molar-refractivity contribution in [3.63, 3.8) is 0 Å². The summed E-state index contributed by atoms with van der Waals surface area (Å²) in [5.74, 6) is -0.0700. The molecule has 0 fully saturated rings. The lowest BCUT2D eigenvalue weighted by Gasteiger charge is -2.12. The first-order valence-electron chi connectivity index (χ1n) is 3.25. The Morgan fingerprint density at radius 2 is 2.33 bits per heavy atom. The number of anilines is 1. The fourth-order valence-electron chi connectivity index (χ4n) is 1.02. The van der Waals surface area contributed by atoms with Crippen LogP contribution in [0.3, 0.4) is 0 Å². The van der Waals surface area contributed by atoms with E-state index in [0.717, 1.165) is 3.57 Å². The Hall–Kier alpha value is -0.920. The van der Waals surface area contributed by atoms with Crippen molar-refractivity contribution in [2.75, 3.05) is 5.32 Å². The molecule has 0 bridgehead atoms. The van der Waals surface area contributed by atoms with Crippen molar-refractivity contribution < 1.29 is 9.59 Å². The number of nitrogens with zero attached hydrogens (tertiary/aromatic N) is 2. The molecule has 1 aromatic heterocycles. The van der Waals surface area contributed by atoms with Crippen molar-refractivity contribution in [3.05, 3.63) is 9.77 Å². The van der Waals surface area contributed by atoms with E-state index in [1.165, 1.54) is 4.68 Å². The van der Waals surface area contributed by atoms with Crippen molar-refractivity contribution in [3.8, 4) is 0 Å². The highest BCUT2D eigenvalue weighted by atomic mass is 127. The molecule has 0 spiro atoms. The number of aromatic nitrogens is 2. The highest BCUT2D eigenvalue weighted by Gasteiger charge is 2.24. The predicted octanol–water partition coefficient (Wildman–Crippen LogP) is 0.470. The minimum absolute atomic E-state index is 0.120. The summed E-state index contributed by atoms with van der Waals surface area (Å²) in [7, 11) is 0. The molecule has 2 heterocycles. The molecule has 62 valence electrons. The number of fused-ring (bicyclic) bond motifs is 1. The predicted molar refractivity (Wildman–Crippen MR) is 48.8 cm³/mol. The smallest absolute Gasteiger partial charge is 0.258 e. The molecule has 0 aliphatic carbocycles. The van der Waals surface area contributed by atoms with Gasteiger partial charge in [-0.05, 0) is 22.6 Å². The second kappa shape index (κ2) is 2.54. The standard InChI is InChI=1S/C6H4IN3O2/c7-3-2-8-10-5(12)1-4(11)9-6(3)10/h2H,1H2,(H,9,11). The Labute approximate surface area is 81.3 Å². The molecule has 0 unspecified atom stereocenters. The maximum Gasteiger partial charge on any atom is 0.258 e. The van der Waals surface area contributed by atoms with Crippen LogP contribution in [-0.4, -0.2) is 21.6 Å². The number of carbonyl (C=O) groups is 2. The molecule has 1 N–H and O–H groups in total. The van der Waals surface area contributed by atoms with Crippen LogP contribution in [0, 0.1) is 3.57 Å². The van der Waals surface area contributed by atoms with Gasteiger partial charge in [-0.15, -0.1) is 0 Å². The number of hydrogen-bond acceptors (Lipinski definition) is 3. The fourth-order valence-corrected chi connectivity index (χ4v) is 1.51. The molecule has 0 saturated carbocycles. The van der Waals surface area contributed by atoms with Gasteiger partial charge in [0.1, 0.15) is 6.42 Å². The van der Waals surface area contributed by atoms with Crippen molar-refractivity contribution in [2.24, 2.45) is 0 Å². The van der Waals surface area contributed by atoms with Crippen LogP contribution in [0.5, 0.6) is 0 Å². The molecule has 2 rings (SSSR count). The lowest BCUT2D eigenvalue weighted by molar-refractivity contribution is -0.115. The van der Waals surface area contributed by atoms with Crippen LogP contribution in [0.25, 0.3) is 0 Å². The number of hydrogen-bond donors (Lipinski definition) is 1. The molecule has 5 nitrogen and oxygen atoms in total. The first-order valence-corrected chi connectivity index (χ1v) is 4.33. The molecule has 0 aromatic carbocycles. The Kier molecular flexibility index (Phi) is 1.63. The molecule has 6 heteroatoms. The highest BCUT2D eigenvalue weighted by molar-refractivity contribution is 14.1. The van der Waals surface area contributed by atoms with E-state index in [-0.39, 0.29) is 18.2 Å². The second-order valence-electron chi connectivity index (χ2n) is 2.37. The minimum atomic E-state index is -0.281. The van der Waals surface area contributed by atoms with Crippen molar-refractivity contribution in [2.45, 2.75) is 6.42 Å². The molecule has 1 aliphatic rings. The van der Waals surface area contributed by atoms with Gasteiger partial charge in [0.25, 0.3) is 5.91 Å². The van der Waals surface area contributed by atoms with Crippen LogP contribution in [0.1, 0.15) is 11.2 Å². The van der Waals surface area contributed by atoms with Gasteiger partial charge in [-0.2, -0.15) is 9.78 Å². The number of amides is 1. The highest BCUT2D eigenvalue weighted by Crippen LogP contribution is 2.20. The summed E-state index contributed by atoms with van der Waals surface area (Å²) in [6.07, 6.45) is 1.42. The quantitative estimate of drug-likeness (QED) is 0.554. The zero-order chi connectivity index (χ0) is 8.72. The molecule has 0 atom stereocenters. The van der Waals surface area contributed by atoms with Crippen LogP contribution in [0.15, 0.2) is 6.20 Å². The van der Waals surface area contributed by atoms with Gasteiger partial charge in [-0.3, -0.25) is 9.59 Å². The Balaban J connectivity index is 2.57. The number of nitrogens with one attached hydrogen (secondary N) is 1. The molecule has 0 saturated heterocycles. The first kappa shape index (κ1) is 7.71. The van der Waals surface area contributed by atoms with E-state index >= 15 is 0 Å². The van der Waals surface area contributed by atoms with E-state index in [1.807, 2.05) is 22.6 Å². The van der Waals surface area contributed by atoms with Crippen LogP contribution >= 0.6 is 22.6 Å². The topological polar surface area (TPSA) is 64.0 Å². The maximum atomic E-state index is 11.1. The molecule has 1 aromatic rings. The molecular weight excluding hydrogens is 273 g/mol. The summed E-state index contributed by atoms with van der Waals surface area (Å²) >= 11 is 2.01. The zero-order valence-corrected chi connectivity index (χ0v) is 8.03. The summed E-state index contributed by atoms with van der Waals surface area (Å²) in [4.78, 5) is 22.1. The fraction of sp³-hybridized carbons (Fsp3) is 0.167. The van der Waals surface area contributed by atoms with E-state index in [4.69, 9.17) is 0 Å². The largest absolute Gasteiger partial charge is 0.309 e. The monoisotopic (exact) mass is 277 g/mol. The van der Waals surface area contributed by atoms with Crippen LogP contribution in [0.2, 0.25) is 0 Å². The van der Waals surface area contributed by atoms with E-state index in [1.54, 1.807) is 6.20 Å². The van der Waals surface area contributed by atoms with Gasteiger partial charge >= 0.3 is 0 Å². The summed E-state index contributed by atoms with van der Waals surface area (Å²) < 4.78 is 1.98. The number of rotatable bonds is 0. The molecule has 12 heavy (non-hydrogen) atoms. The Bertz CT molecular complexity index is 371.